The molecule has 2 amide bonds. The Bertz CT molecular complexity index is 887. The molecule has 0 radical (unpaired) electrons. The standard InChI is InChI=1S/C16H12BrN3O4/c1-9-7-10(17)4-5-11(9)18-14(21)12-8-24-16(19-12)20-15(22)13-3-2-6-23-13/h2-8H,1H3,(H,18,21)(H,19,20,22). The van der Waals surface area contributed by atoms with Crippen molar-refractivity contribution in [2.24, 2.45) is 0 Å². The minimum Gasteiger partial charge on any atom is -0.459 e. The molecule has 122 valence electrons. The van der Waals surface area contributed by atoms with Crippen molar-refractivity contribution in [2.75, 3.05) is 10.6 Å². The number of aryl methyl sites for hydroxylation is 1. The number of hydrogen-bond acceptors (Lipinski definition) is 5. The van der Waals surface area contributed by atoms with E-state index in [1.54, 1.807) is 12.1 Å². The molecular formula is C16H12BrN3O4. The molecular weight excluding hydrogens is 378 g/mol. The highest BCUT2D eigenvalue weighted by Gasteiger charge is 2.16. The van der Waals surface area contributed by atoms with Gasteiger partial charge in [-0.15, -0.1) is 0 Å². The summed E-state index contributed by atoms with van der Waals surface area (Å²) in [5.41, 5.74) is 1.60. The maximum atomic E-state index is 12.2. The smallest absolute Gasteiger partial charge is 0.302 e. The number of oxazole rings is 1. The van der Waals surface area contributed by atoms with Gasteiger partial charge in [0.15, 0.2) is 11.5 Å². The number of anilines is 2. The molecule has 3 rings (SSSR count). The monoisotopic (exact) mass is 389 g/mol. The Morgan fingerprint density at radius 2 is 1.96 bits per heavy atom. The fourth-order valence-electron chi connectivity index (χ4n) is 1.96. The van der Waals surface area contributed by atoms with E-state index in [9.17, 15) is 9.59 Å². The number of carbonyl (C=O) groups is 2. The number of nitrogens with zero attached hydrogens (tertiary/aromatic N) is 1. The summed E-state index contributed by atoms with van der Waals surface area (Å²) in [6.07, 6.45) is 2.55. The van der Waals surface area contributed by atoms with Gasteiger partial charge in [0.05, 0.1) is 6.26 Å². The number of rotatable bonds is 4. The van der Waals surface area contributed by atoms with E-state index in [1.807, 2.05) is 19.1 Å². The average molecular weight is 390 g/mol. The molecule has 0 unspecified atom stereocenters. The Balaban J connectivity index is 1.68. The van der Waals surface area contributed by atoms with Crippen molar-refractivity contribution in [1.82, 2.24) is 4.98 Å². The number of aromatic nitrogens is 1. The van der Waals surface area contributed by atoms with E-state index in [-0.39, 0.29) is 17.5 Å². The van der Waals surface area contributed by atoms with E-state index in [2.05, 4.69) is 31.5 Å². The van der Waals surface area contributed by atoms with Gasteiger partial charge < -0.3 is 14.2 Å². The highest BCUT2D eigenvalue weighted by molar-refractivity contribution is 9.10. The van der Waals surface area contributed by atoms with Crippen LogP contribution in [-0.2, 0) is 0 Å². The van der Waals surface area contributed by atoms with Crippen LogP contribution in [-0.4, -0.2) is 16.8 Å². The molecule has 24 heavy (non-hydrogen) atoms. The van der Waals surface area contributed by atoms with Crippen LogP contribution in [0.5, 0.6) is 0 Å². The van der Waals surface area contributed by atoms with Gasteiger partial charge in [-0.1, -0.05) is 15.9 Å². The van der Waals surface area contributed by atoms with Crippen LogP contribution in [0.25, 0.3) is 0 Å². The van der Waals surface area contributed by atoms with Crippen LogP contribution in [0.15, 0.2) is 56.2 Å². The fraction of sp³-hybridized carbons (Fsp3) is 0.0625. The van der Waals surface area contributed by atoms with E-state index in [0.717, 1.165) is 10.0 Å². The lowest BCUT2D eigenvalue weighted by molar-refractivity contribution is 0.0990. The van der Waals surface area contributed by atoms with Crippen LogP contribution in [0.4, 0.5) is 11.7 Å². The van der Waals surface area contributed by atoms with E-state index < -0.39 is 11.8 Å². The van der Waals surface area contributed by atoms with E-state index in [1.165, 1.54) is 18.6 Å². The SMILES string of the molecule is Cc1cc(Br)ccc1NC(=O)c1coc(NC(=O)c2ccco2)n1. The number of hydrogen-bond donors (Lipinski definition) is 2. The van der Waals surface area contributed by atoms with Gasteiger partial charge in [-0.05, 0) is 42.8 Å². The first-order valence-electron chi connectivity index (χ1n) is 6.91. The number of benzene rings is 1. The minimum atomic E-state index is -0.516. The second-order valence-corrected chi connectivity index (χ2v) is 5.80. The van der Waals surface area contributed by atoms with Gasteiger partial charge in [0.25, 0.3) is 11.8 Å². The molecule has 0 atom stereocenters. The first-order chi connectivity index (χ1) is 11.5. The van der Waals surface area contributed by atoms with Gasteiger partial charge in [-0.2, -0.15) is 4.98 Å². The molecule has 0 saturated carbocycles. The molecule has 2 N–H and O–H groups in total. The lowest BCUT2D eigenvalue weighted by atomic mass is 10.2. The number of carbonyl (C=O) groups excluding carboxylic acids is 2. The van der Waals surface area contributed by atoms with Gasteiger partial charge in [-0.25, -0.2) is 0 Å². The molecule has 8 heteroatoms. The van der Waals surface area contributed by atoms with Crippen molar-refractivity contribution in [1.29, 1.82) is 0 Å². The second kappa shape index (κ2) is 6.71. The number of furan rings is 1. The molecule has 2 heterocycles. The van der Waals surface area contributed by atoms with Crippen LogP contribution in [0.1, 0.15) is 26.6 Å². The Labute approximate surface area is 145 Å². The Morgan fingerprint density at radius 1 is 1.12 bits per heavy atom. The highest BCUT2D eigenvalue weighted by atomic mass is 79.9. The molecule has 0 aliphatic rings. The summed E-state index contributed by atoms with van der Waals surface area (Å²) in [5, 5.41) is 5.14. The minimum absolute atomic E-state index is 0.0482. The molecule has 0 aliphatic heterocycles. The van der Waals surface area contributed by atoms with Crippen LogP contribution in [0, 0.1) is 6.92 Å². The first kappa shape index (κ1) is 16.0. The summed E-state index contributed by atoms with van der Waals surface area (Å²) in [4.78, 5) is 28.0. The third-order valence-corrected chi connectivity index (χ3v) is 3.63. The molecule has 0 fully saturated rings. The predicted octanol–water partition coefficient (Wildman–Crippen LogP) is 3.84. The van der Waals surface area contributed by atoms with Crippen molar-refractivity contribution in [2.45, 2.75) is 6.92 Å². The zero-order valence-corrected chi connectivity index (χ0v) is 14.1. The van der Waals surface area contributed by atoms with Crippen LogP contribution in [0.2, 0.25) is 0 Å². The zero-order chi connectivity index (χ0) is 17.1. The highest BCUT2D eigenvalue weighted by Crippen LogP contribution is 2.21. The van der Waals surface area contributed by atoms with Gasteiger partial charge in [0.2, 0.25) is 0 Å². The average Bonchev–Trinajstić information content (AvgIpc) is 3.21. The number of halogens is 1. The third-order valence-electron chi connectivity index (χ3n) is 3.14. The molecule has 0 spiro atoms. The molecule has 0 saturated heterocycles. The topological polar surface area (TPSA) is 97.4 Å². The van der Waals surface area contributed by atoms with Gasteiger partial charge in [-0.3, -0.25) is 14.9 Å². The van der Waals surface area contributed by atoms with E-state index >= 15 is 0 Å². The van der Waals surface area contributed by atoms with Gasteiger partial charge >= 0.3 is 6.01 Å². The molecule has 2 aromatic heterocycles. The predicted molar refractivity (Wildman–Crippen MR) is 90.0 cm³/mol. The van der Waals surface area contributed by atoms with Gasteiger partial charge in [0.1, 0.15) is 6.26 Å². The summed E-state index contributed by atoms with van der Waals surface area (Å²) in [5.74, 6) is -0.843. The molecule has 7 nitrogen and oxygen atoms in total. The summed E-state index contributed by atoms with van der Waals surface area (Å²) in [6.45, 7) is 1.87. The quantitative estimate of drug-likeness (QED) is 0.706. The van der Waals surface area contributed by atoms with Gasteiger partial charge in [0, 0.05) is 10.2 Å². The molecule has 0 bridgehead atoms. The fourth-order valence-corrected chi connectivity index (χ4v) is 2.43. The van der Waals surface area contributed by atoms with E-state index in [4.69, 9.17) is 8.83 Å². The third kappa shape index (κ3) is 3.54. The lowest BCUT2D eigenvalue weighted by Crippen LogP contribution is -2.14. The zero-order valence-electron chi connectivity index (χ0n) is 12.5. The van der Waals surface area contributed by atoms with Crippen molar-refractivity contribution < 1.29 is 18.4 Å². The maximum Gasteiger partial charge on any atom is 0.302 e. The molecule has 0 aliphatic carbocycles. The summed E-state index contributed by atoms with van der Waals surface area (Å²) in [7, 11) is 0. The number of amides is 2. The largest absolute Gasteiger partial charge is 0.459 e. The Hall–Kier alpha value is -2.87. The second-order valence-electron chi connectivity index (χ2n) is 4.88. The maximum absolute atomic E-state index is 12.2. The van der Waals surface area contributed by atoms with Crippen molar-refractivity contribution in [3.63, 3.8) is 0 Å². The van der Waals surface area contributed by atoms with Crippen LogP contribution < -0.4 is 10.6 Å². The number of nitrogens with one attached hydrogen (secondary N) is 2. The Kier molecular flexibility index (Phi) is 4.48. The Morgan fingerprint density at radius 3 is 2.67 bits per heavy atom. The first-order valence-corrected chi connectivity index (χ1v) is 7.70. The summed E-state index contributed by atoms with van der Waals surface area (Å²) >= 11 is 3.36. The van der Waals surface area contributed by atoms with Crippen molar-refractivity contribution >= 4 is 39.4 Å². The normalized spacial score (nSPS) is 10.4. The van der Waals surface area contributed by atoms with Crippen molar-refractivity contribution in [3.05, 3.63) is 64.3 Å². The van der Waals surface area contributed by atoms with Crippen LogP contribution in [0.3, 0.4) is 0 Å². The molecule has 1 aromatic carbocycles. The van der Waals surface area contributed by atoms with Crippen LogP contribution >= 0.6 is 15.9 Å². The van der Waals surface area contributed by atoms with E-state index in [0.29, 0.717) is 5.69 Å². The lowest BCUT2D eigenvalue weighted by Gasteiger charge is -2.06. The van der Waals surface area contributed by atoms with Crippen molar-refractivity contribution in [3.8, 4) is 0 Å². The summed E-state index contributed by atoms with van der Waals surface area (Å²) in [6, 6.07) is 8.48. The molecule has 3 aromatic rings. The summed E-state index contributed by atoms with van der Waals surface area (Å²) < 4.78 is 11.0.